The fourth-order valence-corrected chi connectivity index (χ4v) is 4.57. The number of carboxylic acid groups (broad SMARTS) is 1. The van der Waals surface area contributed by atoms with Gasteiger partial charge in [-0.1, -0.05) is 6.07 Å². The van der Waals surface area contributed by atoms with Crippen molar-refractivity contribution in [3.05, 3.63) is 33.4 Å². The summed E-state index contributed by atoms with van der Waals surface area (Å²) in [4.78, 5) is 49.0. The molecule has 0 aromatic carbocycles. The van der Waals surface area contributed by atoms with Gasteiger partial charge in [0, 0.05) is 4.88 Å². The first-order valence-electron chi connectivity index (χ1n) is 6.92. The molecule has 24 heavy (non-hydrogen) atoms. The van der Waals surface area contributed by atoms with E-state index in [9.17, 15) is 24.3 Å². The fourth-order valence-electron chi connectivity index (χ4n) is 2.64. The van der Waals surface area contributed by atoms with Crippen LogP contribution in [0.15, 0.2) is 28.5 Å². The first kappa shape index (κ1) is 16.5. The predicted octanol–water partition coefficient (Wildman–Crippen LogP) is -0.487. The summed E-state index contributed by atoms with van der Waals surface area (Å²) in [6.45, 7) is 0. The molecule has 8 nitrogen and oxygen atoms in total. The Labute approximate surface area is 144 Å². The van der Waals surface area contributed by atoms with Crippen LogP contribution in [0.3, 0.4) is 0 Å². The lowest BCUT2D eigenvalue weighted by atomic mass is 9.97. The highest BCUT2D eigenvalue weighted by Crippen LogP contribution is 2.39. The molecule has 3 amide bonds. The average Bonchev–Trinajstić information content (AvgIpc) is 3.03. The van der Waals surface area contributed by atoms with E-state index in [1.165, 1.54) is 16.7 Å². The zero-order valence-corrected chi connectivity index (χ0v) is 13.8. The number of carbonyl (C=O) groups excluding carboxylic acids is 3. The molecular formula is C14H13N3O5S2. The van der Waals surface area contributed by atoms with Gasteiger partial charge in [-0.25, -0.2) is 4.79 Å². The average molecular weight is 367 g/mol. The normalized spacial score (nSPS) is 25.3. The number of hydrogen-bond acceptors (Lipinski definition) is 6. The van der Waals surface area contributed by atoms with Gasteiger partial charge in [0.2, 0.25) is 17.7 Å². The van der Waals surface area contributed by atoms with Crippen LogP contribution in [-0.2, 0) is 25.6 Å². The number of amides is 3. The van der Waals surface area contributed by atoms with E-state index in [-0.39, 0.29) is 17.9 Å². The van der Waals surface area contributed by atoms with E-state index in [0.29, 0.717) is 0 Å². The molecule has 1 aromatic rings. The third-order valence-electron chi connectivity index (χ3n) is 3.74. The quantitative estimate of drug-likeness (QED) is 0.602. The number of hydrogen-bond donors (Lipinski definition) is 3. The summed E-state index contributed by atoms with van der Waals surface area (Å²) in [6, 6.07) is 1.42. The largest absolute Gasteiger partial charge is 0.479 e. The number of nitrogens with zero attached hydrogens (tertiary/aromatic N) is 1. The van der Waals surface area contributed by atoms with Gasteiger partial charge in [-0.2, -0.15) is 0 Å². The number of fused-ring (bicyclic) bond motifs is 1. The van der Waals surface area contributed by atoms with Gasteiger partial charge in [-0.05, 0) is 16.9 Å². The summed E-state index contributed by atoms with van der Waals surface area (Å²) in [5, 5.41) is 14.6. The number of nitrogens with two attached hydrogens (primary N) is 1. The van der Waals surface area contributed by atoms with Crippen molar-refractivity contribution in [3.8, 4) is 0 Å². The molecule has 1 aromatic heterocycles. The maximum absolute atomic E-state index is 12.3. The van der Waals surface area contributed by atoms with Crippen molar-refractivity contribution in [2.75, 3.05) is 0 Å². The first-order chi connectivity index (χ1) is 11.4. The molecule has 1 saturated heterocycles. The first-order valence-corrected chi connectivity index (χ1v) is 8.74. The Hall–Kier alpha value is -2.33. The van der Waals surface area contributed by atoms with Crippen molar-refractivity contribution < 1.29 is 24.3 Å². The number of rotatable bonds is 5. The maximum Gasteiger partial charge on any atom is 0.331 e. The van der Waals surface area contributed by atoms with E-state index >= 15 is 0 Å². The van der Waals surface area contributed by atoms with E-state index in [1.54, 1.807) is 0 Å². The summed E-state index contributed by atoms with van der Waals surface area (Å²) >= 11 is 2.53. The lowest BCUT2D eigenvalue weighted by Crippen LogP contribution is -2.74. The number of thioether (sulfide) groups is 1. The van der Waals surface area contributed by atoms with Crippen LogP contribution >= 0.6 is 23.1 Å². The Balaban J connectivity index is 1.72. The van der Waals surface area contributed by atoms with Gasteiger partial charge in [-0.3, -0.25) is 14.4 Å². The zero-order valence-electron chi connectivity index (χ0n) is 12.2. The lowest BCUT2D eigenvalue weighted by molar-refractivity contribution is -0.160. The molecule has 126 valence electrons. The highest BCUT2D eigenvalue weighted by molar-refractivity contribution is 8.03. The molecular weight excluding hydrogens is 354 g/mol. The summed E-state index contributed by atoms with van der Waals surface area (Å²) in [5.74, 6) is -3.06. The zero-order chi connectivity index (χ0) is 17.4. The molecule has 3 atom stereocenters. The molecule has 0 bridgehead atoms. The Kier molecular flexibility index (Phi) is 4.33. The van der Waals surface area contributed by atoms with Crippen molar-refractivity contribution in [3.63, 3.8) is 0 Å². The van der Waals surface area contributed by atoms with Gasteiger partial charge < -0.3 is 21.1 Å². The van der Waals surface area contributed by atoms with E-state index in [4.69, 9.17) is 5.73 Å². The number of carbonyl (C=O) groups is 4. The van der Waals surface area contributed by atoms with Gasteiger partial charge in [0.05, 0.1) is 12.0 Å². The molecule has 0 radical (unpaired) electrons. The second-order valence-electron chi connectivity index (χ2n) is 5.25. The monoisotopic (exact) mass is 367 g/mol. The van der Waals surface area contributed by atoms with Crippen LogP contribution < -0.4 is 11.1 Å². The van der Waals surface area contributed by atoms with Gasteiger partial charge in [-0.15, -0.1) is 23.1 Å². The van der Waals surface area contributed by atoms with Crippen LogP contribution in [0, 0.1) is 0 Å². The van der Waals surface area contributed by atoms with Gasteiger partial charge in [0.1, 0.15) is 11.4 Å². The lowest BCUT2D eigenvalue weighted by Gasteiger charge is -2.50. The molecule has 3 heterocycles. The number of β-lactam (4-membered cyclic amide) rings is 1. The number of nitrogens with one attached hydrogen (secondary N) is 1. The molecule has 2 aliphatic heterocycles. The number of primary amides is 1. The minimum absolute atomic E-state index is 0.138. The molecule has 2 unspecified atom stereocenters. The number of carboxylic acids is 1. The summed E-state index contributed by atoms with van der Waals surface area (Å²) in [5.41, 5.74) is 5.03. The highest BCUT2D eigenvalue weighted by atomic mass is 32.2. The third kappa shape index (κ3) is 2.78. The Bertz CT molecular complexity index is 746. The summed E-state index contributed by atoms with van der Waals surface area (Å²) < 4.78 is 0. The number of aliphatic carboxylic acids is 1. The fraction of sp³-hybridized carbons (Fsp3) is 0.286. The van der Waals surface area contributed by atoms with E-state index < -0.39 is 35.2 Å². The Morgan fingerprint density at radius 1 is 1.38 bits per heavy atom. The van der Waals surface area contributed by atoms with Crippen molar-refractivity contribution in [2.45, 2.75) is 23.9 Å². The Morgan fingerprint density at radius 3 is 2.71 bits per heavy atom. The topological polar surface area (TPSA) is 130 Å². The van der Waals surface area contributed by atoms with Gasteiger partial charge >= 0.3 is 5.97 Å². The van der Waals surface area contributed by atoms with Crippen LogP contribution in [0.4, 0.5) is 0 Å². The molecule has 10 heteroatoms. The van der Waals surface area contributed by atoms with E-state index in [2.05, 4.69) is 5.32 Å². The molecule has 0 saturated carbocycles. The molecule has 2 aliphatic rings. The SMILES string of the molecule is NC(=O)C1=CS[C@@H]2C(NC(=O)Cc3cccs3)C(=O)N2C1C(=O)O. The van der Waals surface area contributed by atoms with Crippen molar-refractivity contribution in [1.29, 1.82) is 0 Å². The highest BCUT2D eigenvalue weighted by Gasteiger charge is 2.56. The third-order valence-corrected chi connectivity index (χ3v) is 5.78. The van der Waals surface area contributed by atoms with Crippen LogP contribution in [-0.4, -0.2) is 51.2 Å². The Morgan fingerprint density at radius 2 is 2.12 bits per heavy atom. The standard InChI is InChI=1S/C14H13N3O5S2/c15-11(19)7-5-24-13-9(12(20)17(13)10(7)14(21)22)16-8(18)4-6-2-1-3-23-6/h1-3,5,9-10,13H,4H2,(H2,15,19)(H,16,18)(H,21,22)/t9?,10?,13-/m1/s1. The second-order valence-corrected chi connectivity index (χ2v) is 7.27. The smallest absolute Gasteiger partial charge is 0.331 e. The molecule has 3 rings (SSSR count). The van der Waals surface area contributed by atoms with Crippen molar-refractivity contribution in [2.24, 2.45) is 5.73 Å². The second kappa shape index (κ2) is 6.29. The summed E-state index contributed by atoms with van der Waals surface area (Å²) in [7, 11) is 0. The minimum atomic E-state index is -1.41. The van der Waals surface area contributed by atoms with Crippen LogP contribution in [0.1, 0.15) is 4.88 Å². The molecule has 4 N–H and O–H groups in total. The van der Waals surface area contributed by atoms with E-state index in [1.807, 2.05) is 17.5 Å². The van der Waals surface area contributed by atoms with Crippen LogP contribution in [0.2, 0.25) is 0 Å². The van der Waals surface area contributed by atoms with Crippen LogP contribution in [0.5, 0.6) is 0 Å². The molecule has 1 fully saturated rings. The summed E-state index contributed by atoms with van der Waals surface area (Å²) in [6.07, 6.45) is 0.156. The van der Waals surface area contributed by atoms with Crippen molar-refractivity contribution >= 4 is 46.8 Å². The predicted molar refractivity (Wildman–Crippen MR) is 86.9 cm³/mol. The van der Waals surface area contributed by atoms with Gasteiger partial charge in [0.25, 0.3) is 0 Å². The molecule has 0 aliphatic carbocycles. The minimum Gasteiger partial charge on any atom is -0.479 e. The van der Waals surface area contributed by atoms with Gasteiger partial charge in [0.15, 0.2) is 6.04 Å². The molecule has 0 spiro atoms. The number of thiophene rings is 1. The maximum atomic E-state index is 12.3. The van der Waals surface area contributed by atoms with Crippen LogP contribution in [0.25, 0.3) is 0 Å². The van der Waals surface area contributed by atoms with Crippen molar-refractivity contribution in [1.82, 2.24) is 10.2 Å². The van der Waals surface area contributed by atoms with E-state index in [0.717, 1.165) is 21.5 Å².